The topological polar surface area (TPSA) is 21.3 Å². The van der Waals surface area contributed by atoms with Gasteiger partial charge < -0.3 is 10.1 Å². The first kappa shape index (κ1) is 15.2. The van der Waals surface area contributed by atoms with Gasteiger partial charge in [-0.1, -0.05) is 12.1 Å². The van der Waals surface area contributed by atoms with Gasteiger partial charge >= 0.3 is 0 Å². The summed E-state index contributed by atoms with van der Waals surface area (Å²) in [6.45, 7) is 0. The van der Waals surface area contributed by atoms with Crippen molar-refractivity contribution >= 4 is 22.6 Å². The summed E-state index contributed by atoms with van der Waals surface area (Å²) in [5.41, 5.74) is 0.803. The molecule has 0 aliphatic carbocycles. The van der Waals surface area contributed by atoms with Gasteiger partial charge in [-0.25, -0.2) is 8.78 Å². The van der Waals surface area contributed by atoms with Crippen LogP contribution in [0.3, 0.4) is 0 Å². The lowest BCUT2D eigenvalue weighted by Crippen LogP contribution is -2.20. The minimum atomic E-state index is -0.625. The molecule has 1 atom stereocenters. The first-order chi connectivity index (χ1) is 9.56. The van der Waals surface area contributed by atoms with Crippen molar-refractivity contribution in [1.82, 2.24) is 5.32 Å². The third-order valence-electron chi connectivity index (χ3n) is 3.05. The van der Waals surface area contributed by atoms with Crippen molar-refractivity contribution < 1.29 is 13.5 Å². The van der Waals surface area contributed by atoms with E-state index in [4.69, 9.17) is 4.74 Å². The van der Waals surface area contributed by atoms with Crippen LogP contribution < -0.4 is 10.1 Å². The predicted octanol–water partition coefficient (Wildman–Crippen LogP) is 3.89. The fourth-order valence-corrected chi connectivity index (χ4v) is 2.69. The Balaban J connectivity index is 2.52. The Morgan fingerprint density at radius 1 is 1.15 bits per heavy atom. The van der Waals surface area contributed by atoms with Crippen molar-refractivity contribution in [3.8, 4) is 5.75 Å². The quantitative estimate of drug-likeness (QED) is 0.802. The lowest BCUT2D eigenvalue weighted by atomic mass is 9.97. The van der Waals surface area contributed by atoms with Crippen LogP contribution in [0.2, 0.25) is 0 Å². The molecule has 1 N–H and O–H groups in total. The summed E-state index contributed by atoms with van der Waals surface area (Å²) in [5, 5.41) is 2.96. The summed E-state index contributed by atoms with van der Waals surface area (Å²) in [7, 11) is 3.05. The minimum Gasteiger partial charge on any atom is -0.497 e. The molecule has 0 radical (unpaired) electrons. The Bertz CT molecular complexity index is 596. The van der Waals surface area contributed by atoms with Gasteiger partial charge in [-0.3, -0.25) is 0 Å². The summed E-state index contributed by atoms with van der Waals surface area (Å²) in [4.78, 5) is 0. The van der Waals surface area contributed by atoms with Gasteiger partial charge in [0.05, 0.1) is 13.2 Å². The number of rotatable bonds is 4. The molecule has 0 fully saturated rings. The van der Waals surface area contributed by atoms with E-state index in [1.165, 1.54) is 19.2 Å². The van der Waals surface area contributed by atoms with Gasteiger partial charge in [-0.05, 0) is 47.3 Å². The maximum atomic E-state index is 14.2. The van der Waals surface area contributed by atoms with Gasteiger partial charge in [0.2, 0.25) is 0 Å². The normalized spacial score (nSPS) is 12.2. The molecule has 2 aromatic carbocycles. The highest BCUT2D eigenvalue weighted by molar-refractivity contribution is 14.1. The summed E-state index contributed by atoms with van der Waals surface area (Å²) < 4.78 is 34.2. The zero-order valence-corrected chi connectivity index (χ0v) is 13.2. The second-order valence-corrected chi connectivity index (χ2v) is 5.53. The Kier molecular flexibility index (Phi) is 4.93. The van der Waals surface area contributed by atoms with E-state index in [0.717, 1.165) is 9.13 Å². The number of benzene rings is 2. The van der Waals surface area contributed by atoms with Crippen LogP contribution in [0.15, 0.2) is 36.4 Å². The molecule has 0 amide bonds. The Labute approximate surface area is 130 Å². The molecule has 0 aliphatic rings. The Morgan fingerprint density at radius 3 is 2.30 bits per heavy atom. The fourth-order valence-electron chi connectivity index (χ4n) is 2.12. The first-order valence-corrected chi connectivity index (χ1v) is 7.10. The van der Waals surface area contributed by atoms with Crippen molar-refractivity contribution in [3.63, 3.8) is 0 Å². The number of halogens is 3. The second-order valence-electron chi connectivity index (χ2n) is 4.28. The van der Waals surface area contributed by atoms with Crippen molar-refractivity contribution in [2.75, 3.05) is 14.2 Å². The summed E-state index contributed by atoms with van der Waals surface area (Å²) in [6.07, 6.45) is 0. The van der Waals surface area contributed by atoms with Crippen LogP contribution >= 0.6 is 22.6 Å². The molecule has 0 bridgehead atoms. The van der Waals surface area contributed by atoms with E-state index in [2.05, 4.69) is 27.9 Å². The van der Waals surface area contributed by atoms with E-state index in [-0.39, 0.29) is 11.3 Å². The van der Waals surface area contributed by atoms with Crippen LogP contribution in [0, 0.1) is 15.2 Å². The third-order valence-corrected chi connectivity index (χ3v) is 3.72. The van der Waals surface area contributed by atoms with Gasteiger partial charge in [0.1, 0.15) is 17.4 Å². The van der Waals surface area contributed by atoms with Crippen molar-refractivity contribution in [2.24, 2.45) is 0 Å². The lowest BCUT2D eigenvalue weighted by molar-refractivity contribution is 0.403. The number of nitrogens with one attached hydrogen (secondary N) is 1. The van der Waals surface area contributed by atoms with Crippen LogP contribution in [0.25, 0.3) is 0 Å². The zero-order chi connectivity index (χ0) is 14.7. The molecule has 0 saturated heterocycles. The molecule has 2 rings (SSSR count). The molecule has 2 nitrogen and oxygen atoms in total. The van der Waals surface area contributed by atoms with Crippen LogP contribution in [0.1, 0.15) is 17.2 Å². The maximum Gasteiger partial charge on any atom is 0.134 e. The number of ether oxygens (including phenoxy) is 1. The molecule has 1 unspecified atom stereocenters. The average molecular weight is 389 g/mol. The van der Waals surface area contributed by atoms with Gasteiger partial charge in [0.25, 0.3) is 0 Å². The maximum absolute atomic E-state index is 14.2. The Hall–Kier alpha value is -1.21. The highest BCUT2D eigenvalue weighted by atomic mass is 127. The monoisotopic (exact) mass is 389 g/mol. The van der Waals surface area contributed by atoms with E-state index < -0.39 is 17.7 Å². The van der Waals surface area contributed by atoms with Gasteiger partial charge in [0.15, 0.2) is 0 Å². The number of hydrogen-bond acceptors (Lipinski definition) is 2. The molecule has 2 aromatic rings. The molecular formula is C15H14F2INO. The molecule has 5 heteroatoms. The molecular weight excluding hydrogens is 375 g/mol. The van der Waals surface area contributed by atoms with E-state index in [1.807, 2.05) is 24.3 Å². The zero-order valence-electron chi connectivity index (χ0n) is 11.1. The van der Waals surface area contributed by atoms with E-state index in [0.29, 0.717) is 0 Å². The van der Waals surface area contributed by atoms with Crippen molar-refractivity contribution in [1.29, 1.82) is 0 Å². The van der Waals surface area contributed by atoms with Crippen molar-refractivity contribution in [3.05, 3.63) is 62.7 Å². The number of methoxy groups -OCH3 is 1. The minimum absolute atomic E-state index is 0.00435. The highest BCUT2D eigenvalue weighted by Gasteiger charge is 2.22. The molecule has 0 aromatic heterocycles. The first-order valence-electron chi connectivity index (χ1n) is 6.02. The Morgan fingerprint density at radius 2 is 1.80 bits per heavy atom. The largest absolute Gasteiger partial charge is 0.497 e. The average Bonchev–Trinajstić information content (AvgIpc) is 2.42. The molecule has 20 heavy (non-hydrogen) atoms. The van der Waals surface area contributed by atoms with Crippen LogP contribution in [0.4, 0.5) is 8.78 Å². The lowest BCUT2D eigenvalue weighted by Gasteiger charge is -2.19. The van der Waals surface area contributed by atoms with Crippen molar-refractivity contribution in [2.45, 2.75) is 6.04 Å². The SMILES string of the molecule is CNC(c1cccc(I)c1)c1c(F)cc(OC)cc1F. The molecule has 106 valence electrons. The standard InChI is InChI=1S/C15H14F2INO/c1-19-15(9-4-3-5-10(18)6-9)14-12(16)7-11(20-2)8-13(14)17/h3-8,15,19H,1-2H3. The van der Waals surface area contributed by atoms with Crippen LogP contribution in [-0.4, -0.2) is 14.2 Å². The fraction of sp³-hybridized carbons (Fsp3) is 0.200. The molecule has 0 heterocycles. The predicted molar refractivity (Wildman–Crippen MR) is 83.0 cm³/mol. The van der Waals surface area contributed by atoms with E-state index >= 15 is 0 Å². The number of hydrogen-bond donors (Lipinski definition) is 1. The second kappa shape index (κ2) is 6.49. The van der Waals surface area contributed by atoms with Gasteiger partial charge in [0, 0.05) is 21.3 Å². The van der Waals surface area contributed by atoms with Gasteiger partial charge in [-0.15, -0.1) is 0 Å². The molecule has 0 aliphatic heterocycles. The van der Waals surface area contributed by atoms with Gasteiger partial charge in [-0.2, -0.15) is 0 Å². The highest BCUT2D eigenvalue weighted by Crippen LogP contribution is 2.30. The molecule has 0 spiro atoms. The summed E-state index contributed by atoms with van der Waals surface area (Å²) in [5.74, 6) is -1.08. The van der Waals surface area contributed by atoms with Crippen LogP contribution in [0.5, 0.6) is 5.75 Å². The van der Waals surface area contributed by atoms with E-state index in [9.17, 15) is 8.78 Å². The smallest absolute Gasteiger partial charge is 0.134 e. The molecule has 0 saturated carbocycles. The van der Waals surface area contributed by atoms with E-state index in [1.54, 1.807) is 7.05 Å². The summed E-state index contributed by atoms with van der Waals surface area (Å²) in [6, 6.07) is 9.36. The summed E-state index contributed by atoms with van der Waals surface area (Å²) >= 11 is 2.17. The third kappa shape index (κ3) is 3.09. The van der Waals surface area contributed by atoms with Crippen LogP contribution in [-0.2, 0) is 0 Å².